The molecular weight excluding hydrogens is 404 g/mol. The molecule has 2 fully saturated rings. The molecule has 2 aliphatic carbocycles. The van der Waals surface area contributed by atoms with Gasteiger partial charge in [0.15, 0.2) is 0 Å². The zero-order valence-corrected chi connectivity index (χ0v) is 19.7. The minimum Gasteiger partial charge on any atom is -0.497 e. The molecule has 1 N–H and O–H groups in total. The fraction of sp³-hybridized carbons (Fsp3) is 0.593. The summed E-state index contributed by atoms with van der Waals surface area (Å²) in [5.41, 5.74) is 0.695. The van der Waals surface area contributed by atoms with Crippen molar-refractivity contribution in [1.29, 1.82) is 0 Å². The summed E-state index contributed by atoms with van der Waals surface area (Å²) in [6, 6.07) is 9.36. The highest BCUT2D eigenvalue weighted by Gasteiger charge is 2.62. The van der Waals surface area contributed by atoms with Crippen molar-refractivity contribution in [2.24, 2.45) is 22.7 Å². The summed E-state index contributed by atoms with van der Waals surface area (Å²) in [5.74, 6) is 2.53. The van der Waals surface area contributed by atoms with Crippen molar-refractivity contribution >= 4 is 0 Å². The summed E-state index contributed by atoms with van der Waals surface area (Å²) < 4.78 is 17.7. The van der Waals surface area contributed by atoms with Gasteiger partial charge in [0.2, 0.25) is 0 Å². The van der Waals surface area contributed by atoms with E-state index in [2.05, 4.69) is 27.7 Å². The van der Waals surface area contributed by atoms with Gasteiger partial charge in [-0.3, -0.25) is 0 Å². The molecular formula is C27H34O5. The van der Waals surface area contributed by atoms with Gasteiger partial charge in [-0.2, -0.15) is 0 Å². The van der Waals surface area contributed by atoms with E-state index in [-0.39, 0.29) is 34.1 Å². The lowest BCUT2D eigenvalue weighted by Crippen LogP contribution is -2.63. The van der Waals surface area contributed by atoms with E-state index >= 15 is 0 Å². The van der Waals surface area contributed by atoms with Gasteiger partial charge in [0, 0.05) is 17.5 Å². The van der Waals surface area contributed by atoms with Crippen LogP contribution in [0.5, 0.6) is 11.5 Å². The van der Waals surface area contributed by atoms with Gasteiger partial charge in [0.25, 0.3) is 0 Å². The molecule has 2 aromatic rings. The standard InChI is InChI=1S/C27H34O5/c1-25(2)21-10-13-27(4)22(26(21,3)12-11-23(25)28)14-18-20(32-27)15-19(31-24(18)29)16-6-8-17(30-5)9-7-16/h6-9,15,21-23,28H,10-14H2,1-5H3/t21-,22?,23-,26-,27+/m0/s1. The number of fused-ring (bicyclic) bond motifs is 4. The predicted molar refractivity (Wildman–Crippen MR) is 123 cm³/mol. The number of hydrogen-bond acceptors (Lipinski definition) is 5. The molecule has 5 atom stereocenters. The Morgan fingerprint density at radius 1 is 1.03 bits per heavy atom. The molecule has 172 valence electrons. The third kappa shape index (κ3) is 3.04. The molecule has 32 heavy (non-hydrogen) atoms. The molecule has 1 aromatic heterocycles. The van der Waals surface area contributed by atoms with Gasteiger partial charge >= 0.3 is 5.63 Å². The highest BCUT2D eigenvalue weighted by atomic mass is 16.5. The van der Waals surface area contributed by atoms with Crippen molar-refractivity contribution in [3.63, 3.8) is 0 Å². The predicted octanol–water partition coefficient (Wildman–Crippen LogP) is 5.22. The quantitative estimate of drug-likeness (QED) is 0.696. The molecule has 5 rings (SSSR count). The van der Waals surface area contributed by atoms with Crippen LogP contribution in [-0.4, -0.2) is 23.9 Å². The van der Waals surface area contributed by atoms with Gasteiger partial charge in [0.1, 0.15) is 22.9 Å². The maximum Gasteiger partial charge on any atom is 0.343 e. The number of aliphatic hydroxyl groups is 1. The normalized spacial score (nSPS) is 35.1. The Bertz CT molecular complexity index is 1080. The molecule has 0 radical (unpaired) electrons. The molecule has 1 unspecified atom stereocenters. The van der Waals surface area contributed by atoms with Crippen LogP contribution in [0.15, 0.2) is 39.5 Å². The topological polar surface area (TPSA) is 68.9 Å². The number of hydrogen-bond donors (Lipinski definition) is 1. The zero-order valence-electron chi connectivity index (χ0n) is 19.7. The minimum atomic E-state index is -0.332. The molecule has 2 heterocycles. The van der Waals surface area contributed by atoms with Gasteiger partial charge in [-0.05, 0) is 80.0 Å². The molecule has 0 spiro atoms. The van der Waals surface area contributed by atoms with E-state index in [9.17, 15) is 9.90 Å². The van der Waals surface area contributed by atoms with Crippen molar-refractivity contribution in [3.8, 4) is 22.8 Å². The van der Waals surface area contributed by atoms with Crippen LogP contribution in [0.25, 0.3) is 11.3 Å². The first-order valence-corrected chi connectivity index (χ1v) is 11.8. The Morgan fingerprint density at radius 2 is 1.75 bits per heavy atom. The Morgan fingerprint density at radius 3 is 2.44 bits per heavy atom. The smallest absolute Gasteiger partial charge is 0.343 e. The van der Waals surface area contributed by atoms with Crippen molar-refractivity contribution in [1.82, 2.24) is 0 Å². The van der Waals surface area contributed by atoms with E-state index in [4.69, 9.17) is 13.9 Å². The van der Waals surface area contributed by atoms with Crippen LogP contribution in [0.1, 0.15) is 58.9 Å². The maximum absolute atomic E-state index is 13.1. The van der Waals surface area contributed by atoms with Crippen LogP contribution in [0.3, 0.4) is 0 Å². The second kappa shape index (κ2) is 7.11. The summed E-state index contributed by atoms with van der Waals surface area (Å²) in [4.78, 5) is 13.1. The number of aliphatic hydroxyl groups excluding tert-OH is 1. The number of ether oxygens (including phenoxy) is 2. The van der Waals surface area contributed by atoms with Crippen LogP contribution in [0, 0.1) is 22.7 Å². The first-order valence-electron chi connectivity index (χ1n) is 11.8. The number of benzene rings is 1. The monoisotopic (exact) mass is 438 g/mol. The number of methoxy groups -OCH3 is 1. The second-order valence-electron chi connectivity index (χ2n) is 11.1. The lowest BCUT2D eigenvalue weighted by atomic mass is 9.44. The molecule has 0 bridgehead atoms. The highest BCUT2D eigenvalue weighted by molar-refractivity contribution is 5.60. The van der Waals surface area contributed by atoms with Crippen molar-refractivity contribution in [2.75, 3.05) is 7.11 Å². The maximum atomic E-state index is 13.1. The molecule has 5 nitrogen and oxygen atoms in total. The Labute approximate surface area is 189 Å². The SMILES string of the molecule is COc1ccc(-c2cc3c(c(=O)o2)CC2[C@@](C)(CC[C@H]4C(C)(C)[C@@H](O)CC[C@]24C)O3)cc1. The summed E-state index contributed by atoms with van der Waals surface area (Å²) in [6.45, 7) is 8.97. The van der Waals surface area contributed by atoms with Crippen LogP contribution < -0.4 is 15.1 Å². The summed E-state index contributed by atoms with van der Waals surface area (Å²) in [5, 5.41) is 10.7. The van der Waals surface area contributed by atoms with E-state index in [1.165, 1.54) is 0 Å². The average molecular weight is 439 g/mol. The second-order valence-corrected chi connectivity index (χ2v) is 11.1. The average Bonchev–Trinajstić information content (AvgIpc) is 2.75. The molecule has 5 heteroatoms. The zero-order chi connectivity index (χ0) is 22.9. The molecule has 2 saturated carbocycles. The van der Waals surface area contributed by atoms with Gasteiger partial charge < -0.3 is 19.0 Å². The van der Waals surface area contributed by atoms with Crippen LogP contribution in [0.4, 0.5) is 0 Å². The Hall–Kier alpha value is -2.27. The molecule has 0 amide bonds. The fourth-order valence-electron chi connectivity index (χ4n) is 7.19. The molecule has 1 aromatic carbocycles. The van der Waals surface area contributed by atoms with Crippen molar-refractivity contribution < 1.29 is 19.0 Å². The van der Waals surface area contributed by atoms with Crippen molar-refractivity contribution in [2.45, 2.75) is 71.5 Å². The van der Waals surface area contributed by atoms with Gasteiger partial charge in [-0.1, -0.05) is 20.8 Å². The molecule has 0 saturated heterocycles. The van der Waals surface area contributed by atoms with E-state index < -0.39 is 0 Å². The van der Waals surface area contributed by atoms with Crippen LogP contribution >= 0.6 is 0 Å². The van der Waals surface area contributed by atoms with Crippen molar-refractivity contribution in [3.05, 3.63) is 46.3 Å². The molecule has 1 aliphatic heterocycles. The third-order valence-corrected chi connectivity index (χ3v) is 9.11. The molecule has 3 aliphatic rings. The van der Waals surface area contributed by atoms with Gasteiger partial charge in [-0.25, -0.2) is 4.79 Å². The summed E-state index contributed by atoms with van der Waals surface area (Å²) in [7, 11) is 1.63. The number of rotatable bonds is 2. The fourth-order valence-corrected chi connectivity index (χ4v) is 7.19. The van der Waals surface area contributed by atoms with E-state index in [0.29, 0.717) is 29.4 Å². The summed E-state index contributed by atoms with van der Waals surface area (Å²) >= 11 is 0. The third-order valence-electron chi connectivity index (χ3n) is 9.11. The Balaban J connectivity index is 1.54. The van der Waals surface area contributed by atoms with Crippen LogP contribution in [0.2, 0.25) is 0 Å². The van der Waals surface area contributed by atoms with Gasteiger partial charge in [0.05, 0.1) is 18.8 Å². The van der Waals surface area contributed by atoms with E-state index in [1.807, 2.05) is 30.3 Å². The lowest BCUT2D eigenvalue weighted by Gasteiger charge is -2.64. The minimum absolute atomic E-state index is 0.00845. The summed E-state index contributed by atoms with van der Waals surface area (Å²) in [6.07, 6.45) is 4.08. The lowest BCUT2D eigenvalue weighted by molar-refractivity contribution is -0.191. The first-order chi connectivity index (χ1) is 15.1. The Kier molecular flexibility index (Phi) is 4.79. The van der Waals surface area contributed by atoms with Crippen LogP contribution in [-0.2, 0) is 6.42 Å². The van der Waals surface area contributed by atoms with Gasteiger partial charge in [-0.15, -0.1) is 0 Å². The van der Waals surface area contributed by atoms with E-state index in [0.717, 1.165) is 37.0 Å². The largest absolute Gasteiger partial charge is 0.497 e. The highest BCUT2D eigenvalue weighted by Crippen LogP contribution is 2.64. The first kappa shape index (κ1) is 21.6. The van der Waals surface area contributed by atoms with E-state index in [1.54, 1.807) is 7.11 Å².